The molecule has 3 saturated carbocycles. The van der Waals surface area contributed by atoms with Crippen molar-refractivity contribution in [3.63, 3.8) is 0 Å². The number of Topliss-reactive ketones (excluding diaryl/α,β-unsaturated/α-hetero) is 1. The number of fused-ring (bicyclic) bond motifs is 5. The normalized spacial score (nSPS) is 49.2. The van der Waals surface area contributed by atoms with E-state index >= 15 is 0 Å². The summed E-state index contributed by atoms with van der Waals surface area (Å²) in [5, 5.41) is 0. The van der Waals surface area contributed by atoms with E-state index in [0.717, 1.165) is 38.0 Å². The second-order valence-corrected chi connectivity index (χ2v) is 9.33. The third kappa shape index (κ3) is 2.02. The van der Waals surface area contributed by atoms with Gasteiger partial charge < -0.3 is 0 Å². The van der Waals surface area contributed by atoms with E-state index in [0.29, 0.717) is 29.3 Å². The zero-order valence-corrected chi connectivity index (χ0v) is 14.8. The molecule has 0 bridgehead atoms. The summed E-state index contributed by atoms with van der Waals surface area (Å²) in [6.07, 6.45) is 9.55. The highest BCUT2D eigenvalue weighted by atomic mass is 127. The van der Waals surface area contributed by atoms with Gasteiger partial charge in [-0.3, -0.25) is 9.59 Å². The molecule has 0 spiro atoms. The lowest BCUT2D eigenvalue weighted by atomic mass is 9.50. The lowest BCUT2D eigenvalue weighted by molar-refractivity contribution is -0.124. The number of hydrogen-bond acceptors (Lipinski definition) is 2. The second-order valence-electron chi connectivity index (χ2n) is 7.82. The van der Waals surface area contributed by atoms with Crippen molar-refractivity contribution in [1.29, 1.82) is 0 Å². The second kappa shape index (κ2) is 4.90. The topological polar surface area (TPSA) is 34.1 Å². The highest BCUT2D eigenvalue weighted by Crippen LogP contribution is 2.61. The predicted molar refractivity (Wildman–Crippen MR) is 90.3 cm³/mol. The van der Waals surface area contributed by atoms with Crippen molar-refractivity contribution in [1.82, 2.24) is 0 Å². The molecule has 0 heterocycles. The largest absolute Gasteiger partial charge is 0.299 e. The summed E-state index contributed by atoms with van der Waals surface area (Å²) in [5.74, 6) is 3.33. The molecule has 0 amide bonds. The number of halogens is 1. The van der Waals surface area contributed by atoms with E-state index in [2.05, 4.69) is 29.5 Å². The minimum absolute atomic E-state index is 0.151. The molecule has 114 valence electrons. The van der Waals surface area contributed by atoms with E-state index in [-0.39, 0.29) is 9.34 Å². The summed E-state index contributed by atoms with van der Waals surface area (Å²) in [4.78, 5) is 24.1. The monoisotopic (exact) mass is 398 g/mol. The molecule has 4 rings (SSSR count). The molecule has 0 aliphatic heterocycles. The van der Waals surface area contributed by atoms with Gasteiger partial charge in [0.15, 0.2) is 5.78 Å². The minimum atomic E-state index is 0.151. The van der Waals surface area contributed by atoms with Gasteiger partial charge in [-0.05, 0) is 67.8 Å². The third-order valence-corrected chi connectivity index (χ3v) is 8.09. The molecule has 0 radical (unpaired) electrons. The van der Waals surface area contributed by atoms with Gasteiger partial charge in [0, 0.05) is 12.3 Å². The van der Waals surface area contributed by atoms with Crippen molar-refractivity contribution < 1.29 is 9.59 Å². The molecule has 0 aromatic rings. The molecule has 0 N–H and O–H groups in total. The first-order chi connectivity index (χ1) is 10.0. The molecule has 0 aromatic heterocycles. The van der Waals surface area contributed by atoms with Gasteiger partial charge in [-0.15, -0.1) is 0 Å². The molecular formula is C18H23IO2. The van der Waals surface area contributed by atoms with Crippen LogP contribution < -0.4 is 0 Å². The van der Waals surface area contributed by atoms with Gasteiger partial charge in [0.1, 0.15) is 5.78 Å². The molecule has 6 atom stereocenters. The van der Waals surface area contributed by atoms with E-state index in [4.69, 9.17) is 0 Å². The number of ketones is 2. The van der Waals surface area contributed by atoms with E-state index in [1.165, 1.54) is 18.4 Å². The fourth-order valence-electron chi connectivity index (χ4n) is 6.00. The number of carbonyl (C=O) groups is 2. The van der Waals surface area contributed by atoms with Gasteiger partial charge in [-0.1, -0.05) is 35.1 Å². The van der Waals surface area contributed by atoms with Gasteiger partial charge in [0.05, 0.1) is 3.92 Å². The van der Waals surface area contributed by atoms with Crippen LogP contribution in [-0.4, -0.2) is 15.5 Å². The zero-order chi connectivity index (χ0) is 14.8. The van der Waals surface area contributed by atoms with Gasteiger partial charge in [0.2, 0.25) is 0 Å². The lowest BCUT2D eigenvalue weighted by Gasteiger charge is -2.55. The maximum Gasteiger partial charge on any atom is 0.168 e. The zero-order valence-electron chi connectivity index (χ0n) is 12.6. The van der Waals surface area contributed by atoms with Crippen LogP contribution in [-0.2, 0) is 9.59 Å². The number of hydrogen-bond donors (Lipinski definition) is 0. The summed E-state index contributed by atoms with van der Waals surface area (Å²) in [7, 11) is 0. The van der Waals surface area contributed by atoms with Crippen LogP contribution in [0.25, 0.3) is 0 Å². The quantitative estimate of drug-likeness (QED) is 0.455. The Morgan fingerprint density at radius 2 is 1.86 bits per heavy atom. The summed E-state index contributed by atoms with van der Waals surface area (Å²) < 4.78 is 0.151. The Bertz CT molecular complexity index is 537. The van der Waals surface area contributed by atoms with E-state index in [1.54, 1.807) is 0 Å². The average Bonchev–Trinajstić information content (AvgIpc) is 2.83. The van der Waals surface area contributed by atoms with Gasteiger partial charge in [-0.2, -0.15) is 0 Å². The number of alkyl halides is 1. The lowest BCUT2D eigenvalue weighted by Crippen LogP contribution is -2.49. The van der Waals surface area contributed by atoms with Crippen molar-refractivity contribution in [2.24, 2.45) is 29.1 Å². The number of allylic oxidation sites excluding steroid dienone is 1. The summed E-state index contributed by atoms with van der Waals surface area (Å²) >= 11 is 2.33. The fourth-order valence-corrected chi connectivity index (χ4v) is 7.09. The summed E-state index contributed by atoms with van der Waals surface area (Å²) in [5.41, 5.74) is 1.64. The average molecular weight is 398 g/mol. The molecule has 0 aromatic carbocycles. The van der Waals surface area contributed by atoms with Crippen LogP contribution in [0.15, 0.2) is 11.6 Å². The smallest absolute Gasteiger partial charge is 0.168 e. The number of rotatable bonds is 0. The summed E-state index contributed by atoms with van der Waals surface area (Å²) in [6.45, 7) is 2.41. The van der Waals surface area contributed by atoms with Crippen LogP contribution in [0.5, 0.6) is 0 Å². The Morgan fingerprint density at radius 3 is 2.67 bits per heavy atom. The van der Waals surface area contributed by atoms with Gasteiger partial charge >= 0.3 is 0 Å². The van der Waals surface area contributed by atoms with Crippen LogP contribution in [0.4, 0.5) is 0 Å². The predicted octanol–water partition coefficient (Wildman–Crippen LogP) is 4.11. The maximum atomic E-state index is 12.1. The first-order valence-electron chi connectivity index (χ1n) is 8.42. The van der Waals surface area contributed by atoms with Gasteiger partial charge in [-0.25, -0.2) is 0 Å². The molecule has 4 aliphatic carbocycles. The first-order valence-corrected chi connectivity index (χ1v) is 9.67. The molecule has 4 aliphatic rings. The Hall–Kier alpha value is -0.190. The molecule has 3 fully saturated rings. The number of carbonyl (C=O) groups excluding carboxylic acids is 2. The highest BCUT2D eigenvalue weighted by Gasteiger charge is 2.55. The van der Waals surface area contributed by atoms with Crippen LogP contribution in [0.3, 0.4) is 0 Å². The Labute approximate surface area is 140 Å². The molecular weight excluding hydrogens is 375 g/mol. The summed E-state index contributed by atoms with van der Waals surface area (Å²) in [6, 6.07) is 0. The maximum absolute atomic E-state index is 12.1. The van der Waals surface area contributed by atoms with Crippen molar-refractivity contribution >= 4 is 34.2 Å². The van der Waals surface area contributed by atoms with E-state index in [9.17, 15) is 9.59 Å². The van der Waals surface area contributed by atoms with E-state index in [1.807, 2.05) is 6.08 Å². The van der Waals surface area contributed by atoms with Gasteiger partial charge in [0.25, 0.3) is 0 Å². The highest BCUT2D eigenvalue weighted by molar-refractivity contribution is 14.1. The Balaban J connectivity index is 1.69. The molecule has 2 nitrogen and oxygen atoms in total. The van der Waals surface area contributed by atoms with Crippen LogP contribution in [0.1, 0.15) is 51.9 Å². The first kappa shape index (κ1) is 14.4. The van der Waals surface area contributed by atoms with Crippen molar-refractivity contribution in [3.05, 3.63) is 11.6 Å². The van der Waals surface area contributed by atoms with Crippen molar-refractivity contribution in [2.45, 2.75) is 55.8 Å². The Kier molecular flexibility index (Phi) is 3.36. The SMILES string of the molecule is C[C@]12CC(I)C(=O)C=C1CCC1C3CCC(=O)C3CCC12. The van der Waals surface area contributed by atoms with E-state index < -0.39 is 0 Å². The Morgan fingerprint density at radius 1 is 1.10 bits per heavy atom. The molecule has 0 saturated heterocycles. The molecule has 3 heteroatoms. The minimum Gasteiger partial charge on any atom is -0.299 e. The van der Waals surface area contributed by atoms with Crippen molar-refractivity contribution in [3.8, 4) is 0 Å². The third-order valence-electron chi connectivity index (χ3n) is 7.04. The standard InChI is InChI=1S/C18H23IO2/c1-18-9-15(19)17(21)8-10(18)2-3-12-11-5-7-16(20)13(11)4-6-14(12)18/h8,11-15H,2-7,9H2,1H3/t11?,12?,13?,14?,15?,18-/m0/s1. The van der Waals surface area contributed by atoms with Crippen LogP contribution in [0.2, 0.25) is 0 Å². The molecule has 21 heavy (non-hydrogen) atoms. The molecule has 5 unspecified atom stereocenters. The van der Waals surface area contributed by atoms with Crippen LogP contribution >= 0.6 is 22.6 Å². The van der Waals surface area contributed by atoms with Crippen LogP contribution in [0, 0.1) is 29.1 Å². The fraction of sp³-hybridized carbons (Fsp3) is 0.778. The van der Waals surface area contributed by atoms with Crippen molar-refractivity contribution in [2.75, 3.05) is 0 Å².